The highest BCUT2D eigenvalue weighted by Gasteiger charge is 2.36. The van der Waals surface area contributed by atoms with Crippen LogP contribution in [0.4, 0.5) is 0 Å². The van der Waals surface area contributed by atoms with Gasteiger partial charge in [-0.15, -0.1) is 0 Å². The molecule has 1 aromatic rings. The predicted molar refractivity (Wildman–Crippen MR) is 79.2 cm³/mol. The molecule has 0 heterocycles. The van der Waals surface area contributed by atoms with Gasteiger partial charge in [0.2, 0.25) is 0 Å². The van der Waals surface area contributed by atoms with Gasteiger partial charge in [0.1, 0.15) is 5.54 Å². The lowest BCUT2D eigenvalue weighted by atomic mass is 9.88. The number of ether oxygens (including phenoxy) is 2. The molecule has 20 heavy (non-hydrogen) atoms. The molecule has 4 nitrogen and oxygen atoms in total. The highest BCUT2D eigenvalue weighted by molar-refractivity contribution is 5.82. The van der Waals surface area contributed by atoms with E-state index in [9.17, 15) is 4.79 Å². The highest BCUT2D eigenvalue weighted by Crippen LogP contribution is 2.23. The summed E-state index contributed by atoms with van der Waals surface area (Å²) in [4.78, 5) is 12.0. The Labute approximate surface area is 121 Å². The average Bonchev–Trinajstić information content (AvgIpc) is 2.46. The first-order valence-electron chi connectivity index (χ1n) is 7.01. The van der Waals surface area contributed by atoms with Crippen LogP contribution < -0.4 is 5.73 Å². The summed E-state index contributed by atoms with van der Waals surface area (Å²) in [7, 11) is 1.35. The Balaban J connectivity index is 2.64. The number of nitrogens with two attached hydrogens (primary N) is 1. The molecule has 1 atom stereocenters. The third-order valence-electron chi connectivity index (χ3n) is 3.32. The zero-order valence-corrected chi connectivity index (χ0v) is 12.6. The lowest BCUT2D eigenvalue weighted by Gasteiger charge is -2.27. The van der Waals surface area contributed by atoms with E-state index in [1.165, 1.54) is 7.11 Å². The molecule has 2 N–H and O–H groups in total. The molecule has 1 rings (SSSR count). The van der Waals surface area contributed by atoms with Crippen molar-refractivity contribution in [1.82, 2.24) is 0 Å². The molecule has 0 bridgehead atoms. The normalized spacial score (nSPS) is 14.1. The molecular weight excluding hydrogens is 254 g/mol. The van der Waals surface area contributed by atoms with Crippen molar-refractivity contribution in [3.63, 3.8) is 0 Å². The summed E-state index contributed by atoms with van der Waals surface area (Å²) in [6, 6.07) is 9.29. The lowest BCUT2D eigenvalue weighted by molar-refractivity contribution is -0.148. The van der Waals surface area contributed by atoms with Crippen molar-refractivity contribution in [2.24, 2.45) is 11.7 Å². The summed E-state index contributed by atoms with van der Waals surface area (Å²) in [6.07, 6.45) is 1.41. The van der Waals surface area contributed by atoms with E-state index in [0.29, 0.717) is 25.6 Å². The van der Waals surface area contributed by atoms with E-state index in [-0.39, 0.29) is 0 Å². The molecule has 0 aromatic heterocycles. The molecule has 112 valence electrons. The van der Waals surface area contributed by atoms with Gasteiger partial charge in [-0.2, -0.15) is 0 Å². The minimum absolute atomic E-state index is 0.405. The van der Waals surface area contributed by atoms with Gasteiger partial charge in [0.15, 0.2) is 0 Å². The third kappa shape index (κ3) is 4.62. The van der Waals surface area contributed by atoms with Crippen LogP contribution in [0.2, 0.25) is 0 Å². The van der Waals surface area contributed by atoms with Crippen LogP contribution in [0, 0.1) is 5.92 Å². The van der Waals surface area contributed by atoms with Crippen molar-refractivity contribution < 1.29 is 14.3 Å². The molecule has 0 saturated heterocycles. The zero-order valence-electron chi connectivity index (χ0n) is 12.6. The number of rotatable bonds is 8. The number of hydrogen-bond donors (Lipinski definition) is 1. The van der Waals surface area contributed by atoms with Gasteiger partial charge in [-0.05, 0) is 17.9 Å². The predicted octanol–water partition coefficient (Wildman–Crippen LogP) is 2.47. The van der Waals surface area contributed by atoms with Crippen LogP contribution in [-0.2, 0) is 19.8 Å². The second kappa shape index (κ2) is 8.02. The summed E-state index contributed by atoms with van der Waals surface area (Å²) in [6.45, 7) is 5.42. The van der Waals surface area contributed by atoms with Gasteiger partial charge in [-0.25, -0.2) is 4.79 Å². The molecule has 0 amide bonds. The topological polar surface area (TPSA) is 61.5 Å². The zero-order chi connectivity index (χ0) is 15.0. The van der Waals surface area contributed by atoms with Crippen LogP contribution in [0.15, 0.2) is 30.3 Å². The Morgan fingerprint density at radius 1 is 1.25 bits per heavy atom. The largest absolute Gasteiger partial charge is 0.467 e. The van der Waals surface area contributed by atoms with Crippen LogP contribution >= 0.6 is 0 Å². The number of methoxy groups -OCH3 is 1. The molecule has 0 aliphatic rings. The number of benzene rings is 1. The smallest absolute Gasteiger partial charge is 0.330 e. The second-order valence-electron chi connectivity index (χ2n) is 5.37. The first kappa shape index (κ1) is 16.7. The van der Waals surface area contributed by atoms with Crippen LogP contribution in [0.5, 0.6) is 0 Å². The second-order valence-corrected chi connectivity index (χ2v) is 5.37. The summed E-state index contributed by atoms with van der Waals surface area (Å²) >= 11 is 0. The quantitative estimate of drug-likeness (QED) is 0.586. The van der Waals surface area contributed by atoms with Crippen molar-refractivity contribution in [1.29, 1.82) is 0 Å². The van der Waals surface area contributed by atoms with Crippen molar-refractivity contribution in [3.8, 4) is 0 Å². The van der Waals surface area contributed by atoms with E-state index in [0.717, 1.165) is 12.0 Å². The van der Waals surface area contributed by atoms with Crippen molar-refractivity contribution >= 4 is 5.97 Å². The number of esters is 1. The maximum Gasteiger partial charge on any atom is 0.330 e. The standard InChI is InChI=1S/C16H25NO3/c1-13(2)9-11-20-12-10-16(17,15(18)19-3)14-7-5-4-6-8-14/h4-8,13H,9-12,17H2,1-3H3. The average molecular weight is 279 g/mol. The monoisotopic (exact) mass is 279 g/mol. The molecule has 0 aliphatic heterocycles. The summed E-state index contributed by atoms with van der Waals surface area (Å²) < 4.78 is 10.4. The van der Waals surface area contributed by atoms with E-state index < -0.39 is 11.5 Å². The van der Waals surface area contributed by atoms with Gasteiger partial charge >= 0.3 is 5.97 Å². The van der Waals surface area contributed by atoms with E-state index in [1.807, 2.05) is 30.3 Å². The molecule has 1 aromatic carbocycles. The van der Waals surface area contributed by atoms with E-state index in [2.05, 4.69) is 13.8 Å². The van der Waals surface area contributed by atoms with Crippen LogP contribution in [-0.4, -0.2) is 26.3 Å². The van der Waals surface area contributed by atoms with Gasteiger partial charge < -0.3 is 15.2 Å². The Morgan fingerprint density at radius 3 is 2.45 bits per heavy atom. The van der Waals surface area contributed by atoms with Gasteiger partial charge in [0.05, 0.1) is 7.11 Å². The Morgan fingerprint density at radius 2 is 1.90 bits per heavy atom. The van der Waals surface area contributed by atoms with Crippen molar-refractivity contribution in [2.75, 3.05) is 20.3 Å². The maximum atomic E-state index is 12.0. The summed E-state index contributed by atoms with van der Waals surface area (Å²) in [5.74, 6) is 0.170. The molecule has 4 heteroatoms. The minimum Gasteiger partial charge on any atom is -0.467 e. The number of hydrogen-bond acceptors (Lipinski definition) is 4. The fourth-order valence-electron chi connectivity index (χ4n) is 1.94. The number of carbonyl (C=O) groups excluding carboxylic acids is 1. The summed E-state index contributed by atoms with van der Waals surface area (Å²) in [5.41, 5.74) is 5.87. The molecule has 0 aliphatic carbocycles. The molecule has 0 fully saturated rings. The van der Waals surface area contributed by atoms with Crippen LogP contribution in [0.25, 0.3) is 0 Å². The number of carbonyl (C=O) groups is 1. The van der Waals surface area contributed by atoms with Gasteiger partial charge in [0, 0.05) is 19.6 Å². The van der Waals surface area contributed by atoms with Gasteiger partial charge in [-0.1, -0.05) is 44.2 Å². The van der Waals surface area contributed by atoms with E-state index in [1.54, 1.807) is 0 Å². The SMILES string of the molecule is COC(=O)C(N)(CCOCCC(C)C)c1ccccc1. The molecule has 0 spiro atoms. The van der Waals surface area contributed by atoms with Gasteiger partial charge in [0.25, 0.3) is 0 Å². The first-order valence-corrected chi connectivity index (χ1v) is 7.01. The molecular formula is C16H25NO3. The fraction of sp³-hybridized carbons (Fsp3) is 0.562. The van der Waals surface area contributed by atoms with Crippen LogP contribution in [0.3, 0.4) is 0 Å². The van der Waals surface area contributed by atoms with Gasteiger partial charge in [-0.3, -0.25) is 0 Å². The lowest BCUT2D eigenvalue weighted by Crippen LogP contribution is -2.46. The first-order chi connectivity index (χ1) is 9.50. The van der Waals surface area contributed by atoms with Crippen LogP contribution in [0.1, 0.15) is 32.3 Å². The highest BCUT2D eigenvalue weighted by atomic mass is 16.5. The Bertz CT molecular complexity index is 405. The Hall–Kier alpha value is -1.39. The van der Waals surface area contributed by atoms with E-state index in [4.69, 9.17) is 15.2 Å². The van der Waals surface area contributed by atoms with E-state index >= 15 is 0 Å². The Kier molecular flexibility index (Phi) is 6.68. The summed E-state index contributed by atoms with van der Waals surface area (Å²) in [5, 5.41) is 0. The minimum atomic E-state index is -1.14. The third-order valence-corrected chi connectivity index (χ3v) is 3.32. The maximum absolute atomic E-state index is 12.0. The van der Waals surface area contributed by atoms with Crippen molar-refractivity contribution in [3.05, 3.63) is 35.9 Å². The molecule has 0 radical (unpaired) electrons. The molecule has 1 unspecified atom stereocenters. The fourth-order valence-corrected chi connectivity index (χ4v) is 1.94. The van der Waals surface area contributed by atoms with Crippen molar-refractivity contribution in [2.45, 2.75) is 32.2 Å². The molecule has 0 saturated carbocycles.